The van der Waals surface area contributed by atoms with Gasteiger partial charge in [0.15, 0.2) is 0 Å². The molecule has 0 saturated heterocycles. The van der Waals surface area contributed by atoms with Crippen molar-refractivity contribution in [1.29, 1.82) is 0 Å². The van der Waals surface area contributed by atoms with Gasteiger partial charge in [-0.05, 0) is 26.7 Å². The van der Waals surface area contributed by atoms with E-state index < -0.39 is 10.2 Å². The molecule has 1 aliphatic rings. The fourth-order valence-corrected chi connectivity index (χ4v) is 3.78. The van der Waals surface area contributed by atoms with Gasteiger partial charge in [0.25, 0.3) is 10.2 Å². The molecular weight excluding hydrogens is 238 g/mol. The molecule has 1 fully saturated rings. The quantitative estimate of drug-likeness (QED) is 0.815. The SMILES string of the molecule is CC(C)N(C)S(=O)(=O)N(C)C1CCCCC1N. The van der Waals surface area contributed by atoms with Crippen LogP contribution >= 0.6 is 0 Å². The summed E-state index contributed by atoms with van der Waals surface area (Å²) in [5.74, 6) is 0. The highest BCUT2D eigenvalue weighted by molar-refractivity contribution is 7.86. The Bertz CT molecular complexity index is 343. The zero-order valence-electron chi connectivity index (χ0n) is 11.3. The van der Waals surface area contributed by atoms with Gasteiger partial charge in [-0.25, -0.2) is 0 Å². The average molecular weight is 263 g/mol. The van der Waals surface area contributed by atoms with Crippen LogP contribution in [0, 0.1) is 0 Å². The number of nitrogens with zero attached hydrogens (tertiary/aromatic N) is 2. The van der Waals surface area contributed by atoms with E-state index >= 15 is 0 Å². The molecule has 5 nitrogen and oxygen atoms in total. The number of hydrogen-bond donors (Lipinski definition) is 1. The predicted molar refractivity (Wildman–Crippen MR) is 69.8 cm³/mol. The Labute approximate surface area is 105 Å². The minimum atomic E-state index is -3.38. The molecule has 0 spiro atoms. The van der Waals surface area contributed by atoms with Crippen molar-refractivity contribution in [2.75, 3.05) is 14.1 Å². The van der Waals surface area contributed by atoms with E-state index in [0.29, 0.717) is 0 Å². The molecular formula is C11H25N3O2S. The van der Waals surface area contributed by atoms with Crippen LogP contribution in [0.1, 0.15) is 39.5 Å². The third-order valence-electron chi connectivity index (χ3n) is 3.70. The van der Waals surface area contributed by atoms with Gasteiger partial charge in [0.1, 0.15) is 0 Å². The molecule has 2 N–H and O–H groups in total. The summed E-state index contributed by atoms with van der Waals surface area (Å²) in [7, 11) is -0.125. The Balaban J connectivity index is 2.84. The van der Waals surface area contributed by atoms with Gasteiger partial charge in [0.05, 0.1) is 0 Å². The van der Waals surface area contributed by atoms with Crippen LogP contribution in [0.4, 0.5) is 0 Å². The van der Waals surface area contributed by atoms with E-state index in [9.17, 15) is 8.42 Å². The van der Waals surface area contributed by atoms with E-state index in [1.807, 2.05) is 13.8 Å². The van der Waals surface area contributed by atoms with Crippen LogP contribution in [0.15, 0.2) is 0 Å². The van der Waals surface area contributed by atoms with E-state index in [1.54, 1.807) is 14.1 Å². The number of hydrogen-bond acceptors (Lipinski definition) is 3. The normalized spacial score (nSPS) is 27.1. The van der Waals surface area contributed by atoms with E-state index in [-0.39, 0.29) is 18.1 Å². The maximum atomic E-state index is 12.3. The highest BCUT2D eigenvalue weighted by Crippen LogP contribution is 2.24. The Morgan fingerprint density at radius 3 is 2.18 bits per heavy atom. The lowest BCUT2D eigenvalue weighted by Gasteiger charge is -2.37. The fourth-order valence-electron chi connectivity index (χ4n) is 2.23. The highest BCUT2D eigenvalue weighted by Gasteiger charge is 2.35. The summed E-state index contributed by atoms with van der Waals surface area (Å²) in [6.45, 7) is 3.73. The van der Waals surface area contributed by atoms with Crippen LogP contribution in [0.25, 0.3) is 0 Å². The first-order valence-corrected chi connectivity index (χ1v) is 7.64. The first-order chi connectivity index (χ1) is 7.78. The van der Waals surface area contributed by atoms with Crippen molar-refractivity contribution in [3.8, 4) is 0 Å². The molecule has 0 aliphatic heterocycles. The van der Waals surface area contributed by atoms with Crippen molar-refractivity contribution in [3.05, 3.63) is 0 Å². The van der Waals surface area contributed by atoms with Crippen molar-refractivity contribution in [1.82, 2.24) is 8.61 Å². The molecule has 17 heavy (non-hydrogen) atoms. The Morgan fingerprint density at radius 1 is 1.18 bits per heavy atom. The first kappa shape index (κ1) is 14.9. The van der Waals surface area contributed by atoms with Gasteiger partial charge in [0.2, 0.25) is 0 Å². The number of rotatable bonds is 4. The molecule has 2 unspecified atom stereocenters. The molecule has 1 saturated carbocycles. The Morgan fingerprint density at radius 2 is 1.71 bits per heavy atom. The zero-order valence-corrected chi connectivity index (χ0v) is 12.1. The van der Waals surface area contributed by atoms with Crippen LogP contribution in [0.2, 0.25) is 0 Å². The zero-order chi connectivity index (χ0) is 13.2. The van der Waals surface area contributed by atoms with Crippen molar-refractivity contribution >= 4 is 10.2 Å². The largest absolute Gasteiger partial charge is 0.326 e. The van der Waals surface area contributed by atoms with Crippen molar-refractivity contribution < 1.29 is 8.42 Å². The maximum Gasteiger partial charge on any atom is 0.282 e. The molecule has 1 aliphatic carbocycles. The summed E-state index contributed by atoms with van der Waals surface area (Å²) in [6, 6.07) is -0.138. The summed E-state index contributed by atoms with van der Waals surface area (Å²) >= 11 is 0. The first-order valence-electron chi connectivity index (χ1n) is 6.25. The van der Waals surface area contributed by atoms with Gasteiger partial charge >= 0.3 is 0 Å². The van der Waals surface area contributed by atoms with Gasteiger partial charge in [-0.15, -0.1) is 0 Å². The van der Waals surface area contributed by atoms with E-state index in [2.05, 4.69) is 0 Å². The molecule has 0 bridgehead atoms. The smallest absolute Gasteiger partial charge is 0.282 e. The Kier molecular flexibility index (Phi) is 4.95. The molecule has 0 amide bonds. The maximum absolute atomic E-state index is 12.3. The third kappa shape index (κ3) is 3.19. The molecule has 6 heteroatoms. The van der Waals surface area contributed by atoms with E-state index in [4.69, 9.17) is 5.73 Å². The van der Waals surface area contributed by atoms with Crippen LogP contribution in [-0.4, -0.2) is 49.2 Å². The molecule has 2 atom stereocenters. The van der Waals surface area contributed by atoms with Crippen LogP contribution in [-0.2, 0) is 10.2 Å². The summed E-state index contributed by atoms with van der Waals surface area (Å²) in [5, 5.41) is 0. The van der Waals surface area contributed by atoms with Crippen molar-refractivity contribution in [3.63, 3.8) is 0 Å². The molecule has 0 heterocycles. The minimum absolute atomic E-state index is 0.0379. The predicted octanol–water partition coefficient (Wildman–Crippen LogP) is 0.773. The summed E-state index contributed by atoms with van der Waals surface area (Å²) in [4.78, 5) is 0. The van der Waals surface area contributed by atoms with Crippen molar-refractivity contribution in [2.45, 2.75) is 57.7 Å². The second-order valence-corrected chi connectivity index (χ2v) is 7.20. The molecule has 1 rings (SSSR count). The standard InChI is InChI=1S/C11H25N3O2S/c1-9(2)13(3)17(15,16)14(4)11-8-6-5-7-10(11)12/h9-11H,5-8,12H2,1-4H3. The topological polar surface area (TPSA) is 66.6 Å². The molecule has 102 valence electrons. The summed E-state index contributed by atoms with van der Waals surface area (Å²) in [6.07, 6.45) is 3.94. The monoisotopic (exact) mass is 263 g/mol. The summed E-state index contributed by atoms with van der Waals surface area (Å²) in [5.41, 5.74) is 6.03. The van der Waals surface area contributed by atoms with Crippen molar-refractivity contribution in [2.24, 2.45) is 5.73 Å². The lowest BCUT2D eigenvalue weighted by Crippen LogP contribution is -2.54. The van der Waals surface area contributed by atoms with E-state index in [1.165, 1.54) is 8.61 Å². The minimum Gasteiger partial charge on any atom is -0.326 e. The molecule has 0 aromatic heterocycles. The van der Waals surface area contributed by atoms with Gasteiger partial charge in [-0.1, -0.05) is 12.8 Å². The Hall–Kier alpha value is -0.170. The van der Waals surface area contributed by atoms with Crippen LogP contribution in [0.3, 0.4) is 0 Å². The fraction of sp³-hybridized carbons (Fsp3) is 1.00. The van der Waals surface area contributed by atoms with Crippen LogP contribution in [0.5, 0.6) is 0 Å². The average Bonchev–Trinajstić information content (AvgIpc) is 2.27. The van der Waals surface area contributed by atoms with Gasteiger partial charge < -0.3 is 5.73 Å². The number of nitrogens with two attached hydrogens (primary N) is 1. The van der Waals surface area contributed by atoms with Gasteiger partial charge in [-0.2, -0.15) is 17.0 Å². The second kappa shape index (κ2) is 5.65. The van der Waals surface area contributed by atoms with Crippen LogP contribution < -0.4 is 5.73 Å². The molecule has 0 radical (unpaired) electrons. The van der Waals surface area contributed by atoms with Gasteiger partial charge in [-0.3, -0.25) is 0 Å². The third-order valence-corrected chi connectivity index (χ3v) is 5.85. The lowest BCUT2D eigenvalue weighted by molar-refractivity contribution is 0.235. The highest BCUT2D eigenvalue weighted by atomic mass is 32.2. The lowest BCUT2D eigenvalue weighted by atomic mass is 9.91. The number of likely N-dealkylation sites (N-methyl/N-ethyl adjacent to an activating group) is 1. The van der Waals surface area contributed by atoms with E-state index in [0.717, 1.165) is 25.7 Å². The van der Waals surface area contributed by atoms with Gasteiger partial charge in [0, 0.05) is 32.2 Å². The molecule has 0 aromatic rings. The molecule has 0 aromatic carbocycles. The summed E-state index contributed by atoms with van der Waals surface area (Å²) < 4.78 is 27.5. The second-order valence-electron chi connectivity index (χ2n) is 5.15.